The molecule has 0 saturated heterocycles. The minimum atomic E-state index is -1.46. The molecule has 4 nitrogen and oxygen atoms in total. The average molecular weight is 270 g/mol. The largest absolute Gasteiger partial charge is 0.493 e. The normalized spacial score (nSPS) is 13.1. The fourth-order valence-electron chi connectivity index (χ4n) is 1.29. The Morgan fingerprint density at radius 3 is 2.67 bits per heavy atom. The summed E-state index contributed by atoms with van der Waals surface area (Å²) in [5.41, 5.74) is 1.08. The van der Waals surface area contributed by atoms with E-state index in [9.17, 15) is 9.00 Å². The van der Waals surface area contributed by atoms with Crippen molar-refractivity contribution in [3.8, 4) is 5.75 Å². The number of aliphatic carboxylic acids is 1. The lowest BCUT2D eigenvalue weighted by atomic mass is 10.2. The van der Waals surface area contributed by atoms with Gasteiger partial charge in [0.1, 0.15) is 10.5 Å². The maximum Gasteiger partial charge on any atom is 0.321 e. The first-order chi connectivity index (χ1) is 8.34. The molecule has 0 aromatic heterocycles. The first-order valence-corrected chi connectivity index (χ1v) is 6.97. The van der Waals surface area contributed by atoms with Crippen LogP contribution >= 0.6 is 0 Å². The Labute approximate surface area is 109 Å². The van der Waals surface area contributed by atoms with Gasteiger partial charge in [-0.25, -0.2) is 0 Å². The SMILES string of the molecule is Cc1cccc(OCCS(=O)C(C)(C)C(=O)O)c1. The van der Waals surface area contributed by atoms with Crippen LogP contribution < -0.4 is 4.74 Å². The number of carboxylic acid groups (broad SMARTS) is 1. The van der Waals surface area contributed by atoms with Gasteiger partial charge in [0.25, 0.3) is 0 Å². The summed E-state index contributed by atoms with van der Waals surface area (Å²) in [5, 5.41) is 8.93. The Balaban J connectivity index is 2.48. The van der Waals surface area contributed by atoms with Crippen LogP contribution in [0.2, 0.25) is 0 Å². The molecular weight excluding hydrogens is 252 g/mol. The molecule has 0 amide bonds. The second-order valence-corrected chi connectivity index (χ2v) is 6.65. The van der Waals surface area contributed by atoms with Crippen LogP contribution in [0.25, 0.3) is 0 Å². The first-order valence-electron chi connectivity index (χ1n) is 5.65. The van der Waals surface area contributed by atoms with E-state index in [0.717, 1.165) is 5.56 Å². The average Bonchev–Trinajstić information content (AvgIpc) is 2.28. The van der Waals surface area contributed by atoms with Crippen LogP contribution in [0.5, 0.6) is 5.75 Å². The van der Waals surface area contributed by atoms with Crippen LogP contribution in [-0.4, -0.2) is 32.4 Å². The van der Waals surface area contributed by atoms with Gasteiger partial charge in [0, 0.05) is 10.8 Å². The summed E-state index contributed by atoms with van der Waals surface area (Å²) in [5.74, 6) is -0.149. The van der Waals surface area contributed by atoms with Crippen molar-refractivity contribution in [2.24, 2.45) is 0 Å². The topological polar surface area (TPSA) is 63.6 Å². The Hall–Kier alpha value is -1.36. The second-order valence-electron chi connectivity index (χ2n) is 4.53. The van der Waals surface area contributed by atoms with E-state index in [1.165, 1.54) is 13.8 Å². The number of benzene rings is 1. The van der Waals surface area contributed by atoms with E-state index in [1.54, 1.807) is 0 Å². The minimum absolute atomic E-state index is 0.202. The van der Waals surface area contributed by atoms with E-state index in [0.29, 0.717) is 5.75 Å². The van der Waals surface area contributed by atoms with Gasteiger partial charge < -0.3 is 9.84 Å². The second kappa shape index (κ2) is 6.00. The summed E-state index contributed by atoms with van der Waals surface area (Å²) in [4.78, 5) is 10.9. The number of hydrogen-bond donors (Lipinski definition) is 1. The fourth-order valence-corrected chi connectivity index (χ4v) is 2.23. The van der Waals surface area contributed by atoms with E-state index in [4.69, 9.17) is 9.84 Å². The molecule has 1 N–H and O–H groups in total. The molecule has 0 aliphatic carbocycles. The Morgan fingerprint density at radius 1 is 1.44 bits per heavy atom. The van der Waals surface area contributed by atoms with Gasteiger partial charge in [-0.1, -0.05) is 12.1 Å². The molecule has 0 spiro atoms. The van der Waals surface area contributed by atoms with Gasteiger partial charge in [-0.15, -0.1) is 0 Å². The zero-order valence-corrected chi connectivity index (χ0v) is 11.6. The highest BCUT2D eigenvalue weighted by Gasteiger charge is 2.34. The molecule has 1 aromatic rings. The van der Waals surface area contributed by atoms with Crippen LogP contribution in [0.4, 0.5) is 0 Å². The van der Waals surface area contributed by atoms with E-state index < -0.39 is 21.5 Å². The quantitative estimate of drug-likeness (QED) is 0.858. The van der Waals surface area contributed by atoms with Crippen molar-refractivity contribution in [1.29, 1.82) is 0 Å². The molecule has 0 heterocycles. The third-order valence-electron chi connectivity index (χ3n) is 2.61. The standard InChI is InChI=1S/C13H18O4S/c1-10-5-4-6-11(9-10)17-7-8-18(16)13(2,3)12(14)15/h4-6,9H,7-8H2,1-3H3,(H,14,15). The smallest absolute Gasteiger partial charge is 0.321 e. The van der Waals surface area contributed by atoms with Crippen molar-refractivity contribution < 1.29 is 18.8 Å². The van der Waals surface area contributed by atoms with Crippen molar-refractivity contribution in [2.45, 2.75) is 25.5 Å². The van der Waals surface area contributed by atoms with Crippen LogP contribution in [0.3, 0.4) is 0 Å². The molecule has 100 valence electrons. The van der Waals surface area contributed by atoms with Crippen LogP contribution in [-0.2, 0) is 15.6 Å². The van der Waals surface area contributed by atoms with E-state index in [-0.39, 0.29) is 12.4 Å². The lowest BCUT2D eigenvalue weighted by Gasteiger charge is -2.18. The van der Waals surface area contributed by atoms with Gasteiger partial charge in [0.2, 0.25) is 0 Å². The predicted octanol–water partition coefficient (Wildman–Crippen LogP) is 1.99. The molecule has 0 aliphatic heterocycles. The molecule has 1 unspecified atom stereocenters. The van der Waals surface area contributed by atoms with Crippen molar-refractivity contribution >= 4 is 16.8 Å². The Kier molecular flexibility index (Phi) is 4.90. The first kappa shape index (κ1) is 14.7. The minimum Gasteiger partial charge on any atom is -0.493 e. The van der Waals surface area contributed by atoms with Crippen LogP contribution in [0.15, 0.2) is 24.3 Å². The highest BCUT2D eigenvalue weighted by atomic mass is 32.2. The van der Waals surface area contributed by atoms with E-state index in [1.807, 2.05) is 31.2 Å². The number of carboxylic acids is 1. The molecular formula is C13H18O4S. The summed E-state index contributed by atoms with van der Waals surface area (Å²) in [6, 6.07) is 7.53. The Morgan fingerprint density at radius 2 is 2.11 bits per heavy atom. The molecule has 0 saturated carbocycles. The van der Waals surface area contributed by atoms with Gasteiger partial charge in [-0.3, -0.25) is 9.00 Å². The van der Waals surface area contributed by atoms with Gasteiger partial charge in [-0.05, 0) is 38.5 Å². The molecule has 1 rings (SSSR count). The molecule has 5 heteroatoms. The van der Waals surface area contributed by atoms with Crippen LogP contribution in [0, 0.1) is 6.92 Å². The van der Waals surface area contributed by atoms with Crippen molar-refractivity contribution in [2.75, 3.05) is 12.4 Å². The lowest BCUT2D eigenvalue weighted by molar-refractivity contribution is -0.139. The zero-order chi connectivity index (χ0) is 13.8. The molecule has 0 fully saturated rings. The van der Waals surface area contributed by atoms with E-state index >= 15 is 0 Å². The number of aryl methyl sites for hydroxylation is 1. The van der Waals surface area contributed by atoms with Crippen molar-refractivity contribution in [3.63, 3.8) is 0 Å². The van der Waals surface area contributed by atoms with Gasteiger partial charge in [0.05, 0.1) is 12.4 Å². The van der Waals surface area contributed by atoms with Gasteiger partial charge in [0.15, 0.2) is 0 Å². The van der Waals surface area contributed by atoms with E-state index in [2.05, 4.69) is 0 Å². The molecule has 1 atom stereocenters. The van der Waals surface area contributed by atoms with Gasteiger partial charge >= 0.3 is 5.97 Å². The summed E-state index contributed by atoms with van der Waals surface area (Å²) >= 11 is 0. The number of hydrogen-bond acceptors (Lipinski definition) is 3. The van der Waals surface area contributed by atoms with Gasteiger partial charge in [-0.2, -0.15) is 0 Å². The van der Waals surface area contributed by atoms with Crippen molar-refractivity contribution in [3.05, 3.63) is 29.8 Å². The molecule has 0 bridgehead atoms. The number of ether oxygens (including phenoxy) is 1. The highest BCUT2D eigenvalue weighted by Crippen LogP contribution is 2.15. The summed E-state index contributed by atoms with van der Waals surface area (Å²) in [6.07, 6.45) is 0. The summed E-state index contributed by atoms with van der Waals surface area (Å²) < 4.78 is 16.0. The zero-order valence-electron chi connectivity index (χ0n) is 10.8. The van der Waals surface area contributed by atoms with Crippen LogP contribution in [0.1, 0.15) is 19.4 Å². The third-order valence-corrected chi connectivity index (χ3v) is 4.46. The highest BCUT2D eigenvalue weighted by molar-refractivity contribution is 7.87. The monoisotopic (exact) mass is 270 g/mol. The summed E-state index contributed by atoms with van der Waals surface area (Å²) in [6.45, 7) is 5.11. The maximum atomic E-state index is 11.8. The molecule has 0 radical (unpaired) electrons. The predicted molar refractivity (Wildman–Crippen MR) is 71.4 cm³/mol. The Bertz CT molecular complexity index is 454. The van der Waals surface area contributed by atoms with Crippen molar-refractivity contribution in [1.82, 2.24) is 0 Å². The maximum absolute atomic E-state index is 11.8. The lowest BCUT2D eigenvalue weighted by Crippen LogP contribution is -2.38. The molecule has 1 aromatic carbocycles. The number of rotatable bonds is 6. The fraction of sp³-hybridized carbons (Fsp3) is 0.462. The summed E-state index contributed by atoms with van der Waals surface area (Å²) in [7, 11) is -1.46. The third kappa shape index (κ3) is 3.84. The molecule has 0 aliphatic rings. The molecule has 18 heavy (non-hydrogen) atoms. The number of carbonyl (C=O) groups is 1.